The van der Waals surface area contributed by atoms with Gasteiger partial charge in [-0.15, -0.1) is 11.3 Å². The van der Waals surface area contributed by atoms with Gasteiger partial charge in [-0.3, -0.25) is 9.69 Å². The Morgan fingerprint density at radius 2 is 2.13 bits per heavy atom. The van der Waals surface area contributed by atoms with Gasteiger partial charge in [0, 0.05) is 37.1 Å². The van der Waals surface area contributed by atoms with E-state index in [1.807, 2.05) is 0 Å². The van der Waals surface area contributed by atoms with E-state index in [0.717, 1.165) is 58.8 Å². The van der Waals surface area contributed by atoms with Gasteiger partial charge in [0.2, 0.25) is 5.91 Å². The fourth-order valence-corrected chi connectivity index (χ4v) is 5.16. The monoisotopic (exact) mass is 452 g/mol. The summed E-state index contributed by atoms with van der Waals surface area (Å²) >= 11 is 7.41. The molecule has 2 atom stereocenters. The van der Waals surface area contributed by atoms with Crippen LogP contribution in [0, 0.1) is 5.92 Å². The van der Waals surface area contributed by atoms with Crippen LogP contribution in [0.15, 0.2) is 17.5 Å². The van der Waals surface area contributed by atoms with Crippen LogP contribution >= 0.6 is 23.6 Å². The molecule has 1 aliphatic carbocycles. The molecule has 1 aliphatic heterocycles. The zero-order valence-corrected chi connectivity index (χ0v) is 19.7. The average Bonchev–Trinajstić information content (AvgIpc) is 3.27. The first-order valence-corrected chi connectivity index (χ1v) is 12.5. The van der Waals surface area contributed by atoms with E-state index in [2.05, 4.69) is 44.9 Å². The number of hydrogen-bond donors (Lipinski definition) is 2. The van der Waals surface area contributed by atoms with Crippen LogP contribution in [-0.4, -0.2) is 72.8 Å². The highest BCUT2D eigenvalue weighted by Gasteiger charge is 2.23. The lowest BCUT2D eigenvalue weighted by molar-refractivity contribution is -0.121. The predicted octanol–water partition coefficient (Wildman–Crippen LogP) is 2.84. The minimum Gasteiger partial charge on any atom is -0.379 e. The topological polar surface area (TPSA) is 56.8 Å². The Balaban J connectivity index is 1.44. The van der Waals surface area contributed by atoms with Crippen LogP contribution in [0.1, 0.15) is 43.9 Å². The summed E-state index contributed by atoms with van der Waals surface area (Å²) in [5.74, 6) is 0.602. The first-order chi connectivity index (χ1) is 14.6. The van der Waals surface area contributed by atoms with Gasteiger partial charge in [-0.1, -0.05) is 25.8 Å². The number of nitrogens with one attached hydrogen (secondary N) is 2. The molecule has 0 radical (unpaired) electrons. The third kappa shape index (κ3) is 7.80. The van der Waals surface area contributed by atoms with Crippen molar-refractivity contribution < 1.29 is 9.53 Å². The molecule has 0 spiro atoms. The molecule has 168 valence electrons. The summed E-state index contributed by atoms with van der Waals surface area (Å²) in [7, 11) is 0. The Labute approximate surface area is 190 Å². The van der Waals surface area contributed by atoms with Gasteiger partial charge in [0.25, 0.3) is 0 Å². The van der Waals surface area contributed by atoms with E-state index in [9.17, 15) is 4.79 Å². The zero-order chi connectivity index (χ0) is 21.2. The maximum atomic E-state index is 12.5. The fourth-order valence-electron chi connectivity index (χ4n) is 4.21. The number of hydrogen-bond acceptors (Lipinski definition) is 5. The third-order valence-corrected chi connectivity index (χ3v) is 7.34. The first-order valence-electron chi connectivity index (χ1n) is 11.3. The van der Waals surface area contributed by atoms with Gasteiger partial charge in [0.05, 0.1) is 26.3 Å². The van der Waals surface area contributed by atoms with Gasteiger partial charge in [0.1, 0.15) is 0 Å². The second-order valence-electron chi connectivity index (χ2n) is 8.40. The molecule has 0 aromatic carbocycles. The summed E-state index contributed by atoms with van der Waals surface area (Å²) in [6, 6.07) is 4.51. The van der Waals surface area contributed by atoms with Crippen LogP contribution < -0.4 is 10.6 Å². The Morgan fingerprint density at radius 3 is 2.87 bits per heavy atom. The molecule has 1 saturated heterocycles. The molecule has 1 aromatic heterocycles. The average molecular weight is 453 g/mol. The van der Waals surface area contributed by atoms with E-state index >= 15 is 0 Å². The van der Waals surface area contributed by atoms with Crippen LogP contribution in [0.4, 0.5) is 0 Å². The van der Waals surface area contributed by atoms with Crippen molar-refractivity contribution in [3.05, 3.63) is 22.4 Å². The molecule has 1 amide bonds. The molecule has 2 unspecified atom stereocenters. The molecule has 3 rings (SSSR count). The van der Waals surface area contributed by atoms with Gasteiger partial charge in [0.15, 0.2) is 5.11 Å². The number of morpholine rings is 1. The third-order valence-electron chi connectivity index (χ3n) is 6.08. The number of amides is 1. The van der Waals surface area contributed by atoms with E-state index in [1.54, 1.807) is 11.3 Å². The molecule has 30 heavy (non-hydrogen) atoms. The maximum Gasteiger partial charge on any atom is 0.239 e. The summed E-state index contributed by atoms with van der Waals surface area (Å²) in [6.07, 6.45) is 5.81. The van der Waals surface area contributed by atoms with E-state index in [4.69, 9.17) is 17.0 Å². The molecule has 2 fully saturated rings. The second-order valence-corrected chi connectivity index (χ2v) is 9.82. The summed E-state index contributed by atoms with van der Waals surface area (Å²) in [6.45, 7) is 8.86. The number of thiocarbonyl (C=S) groups is 1. The van der Waals surface area contributed by atoms with Crippen molar-refractivity contribution in [3.8, 4) is 0 Å². The van der Waals surface area contributed by atoms with E-state index in [-0.39, 0.29) is 12.5 Å². The van der Waals surface area contributed by atoms with Crippen molar-refractivity contribution in [2.24, 2.45) is 5.92 Å². The van der Waals surface area contributed by atoms with Crippen LogP contribution in [0.3, 0.4) is 0 Å². The number of carbonyl (C=O) groups is 1. The van der Waals surface area contributed by atoms with Gasteiger partial charge >= 0.3 is 0 Å². The largest absolute Gasteiger partial charge is 0.379 e. The number of nitrogens with zero attached hydrogens (tertiary/aromatic N) is 2. The maximum absolute atomic E-state index is 12.5. The molecular weight excluding hydrogens is 416 g/mol. The van der Waals surface area contributed by atoms with E-state index in [1.165, 1.54) is 24.1 Å². The molecule has 2 N–H and O–H groups in total. The van der Waals surface area contributed by atoms with Gasteiger partial charge in [-0.25, -0.2) is 0 Å². The number of rotatable bonds is 9. The number of thiophene rings is 1. The van der Waals surface area contributed by atoms with Crippen LogP contribution in [0.2, 0.25) is 0 Å². The lowest BCUT2D eigenvalue weighted by Gasteiger charge is -2.30. The normalized spacial score (nSPS) is 22.4. The molecular formula is C22H36N4O2S2. The molecule has 6 nitrogen and oxygen atoms in total. The summed E-state index contributed by atoms with van der Waals surface area (Å²) in [5.41, 5.74) is 0. The van der Waals surface area contributed by atoms with Crippen LogP contribution in [-0.2, 0) is 16.1 Å². The highest BCUT2D eigenvalue weighted by Crippen LogP contribution is 2.23. The quantitative estimate of drug-likeness (QED) is 0.562. The van der Waals surface area contributed by atoms with Gasteiger partial charge < -0.3 is 20.3 Å². The van der Waals surface area contributed by atoms with Crippen LogP contribution in [0.5, 0.6) is 0 Å². The Kier molecular flexibility index (Phi) is 9.84. The van der Waals surface area contributed by atoms with Crippen molar-refractivity contribution in [3.63, 3.8) is 0 Å². The van der Waals surface area contributed by atoms with Crippen molar-refractivity contribution in [2.45, 2.75) is 51.6 Å². The second kappa shape index (κ2) is 12.6. The van der Waals surface area contributed by atoms with E-state index < -0.39 is 0 Å². The lowest BCUT2D eigenvalue weighted by atomic mass is 9.86. The van der Waals surface area contributed by atoms with Crippen LogP contribution in [0.25, 0.3) is 0 Å². The molecule has 1 aromatic rings. The van der Waals surface area contributed by atoms with Crippen molar-refractivity contribution in [1.29, 1.82) is 0 Å². The van der Waals surface area contributed by atoms with Gasteiger partial charge in [-0.05, 0) is 48.8 Å². The minimum absolute atomic E-state index is 0.0421. The first kappa shape index (κ1) is 23.4. The standard InChI is InChI=1S/C22H36N4O2S2/c1-18-6-2-3-8-20(18)24-21(27)16-23-22(29)26(17-19-7-4-15-30-19)10-5-9-25-11-13-28-14-12-25/h4,7,15,18,20H,2-3,5-6,8-14,16-17H2,1H3,(H,23,29)(H,24,27). The summed E-state index contributed by atoms with van der Waals surface area (Å²) in [5, 5.41) is 9.16. The van der Waals surface area contributed by atoms with Crippen molar-refractivity contribution >= 4 is 34.6 Å². The Morgan fingerprint density at radius 1 is 1.33 bits per heavy atom. The molecule has 8 heteroatoms. The summed E-state index contributed by atoms with van der Waals surface area (Å²) < 4.78 is 5.43. The fraction of sp³-hybridized carbons (Fsp3) is 0.727. The molecule has 0 bridgehead atoms. The molecule has 2 heterocycles. The van der Waals surface area contributed by atoms with Crippen molar-refractivity contribution in [2.75, 3.05) is 45.9 Å². The number of ether oxygens (including phenoxy) is 1. The van der Waals surface area contributed by atoms with E-state index in [0.29, 0.717) is 17.1 Å². The SMILES string of the molecule is CC1CCCCC1NC(=O)CNC(=S)N(CCCN1CCOCC1)Cc1cccs1. The van der Waals surface area contributed by atoms with Gasteiger partial charge in [-0.2, -0.15) is 0 Å². The molecule has 2 aliphatic rings. The molecule has 1 saturated carbocycles. The predicted molar refractivity (Wildman–Crippen MR) is 127 cm³/mol. The zero-order valence-electron chi connectivity index (χ0n) is 18.1. The highest BCUT2D eigenvalue weighted by atomic mass is 32.1. The number of carbonyl (C=O) groups excluding carboxylic acids is 1. The smallest absolute Gasteiger partial charge is 0.239 e. The lowest BCUT2D eigenvalue weighted by Crippen LogP contribution is -2.48. The Hall–Kier alpha value is -1.22. The Bertz CT molecular complexity index is 650. The summed E-state index contributed by atoms with van der Waals surface area (Å²) in [4.78, 5) is 18.4. The van der Waals surface area contributed by atoms with Crippen molar-refractivity contribution in [1.82, 2.24) is 20.4 Å². The highest BCUT2D eigenvalue weighted by molar-refractivity contribution is 7.80. The minimum atomic E-state index is 0.0421.